The number of aromatic nitrogens is 1. The number of hydrogen-bond acceptors (Lipinski definition) is 3. The molecule has 0 saturated carbocycles. The molecule has 1 N–H and O–H groups in total. The van der Waals surface area contributed by atoms with Crippen LogP contribution in [0.2, 0.25) is 0 Å². The van der Waals surface area contributed by atoms with Gasteiger partial charge in [0.2, 0.25) is 0 Å². The van der Waals surface area contributed by atoms with Crippen molar-refractivity contribution in [3.8, 4) is 0 Å². The van der Waals surface area contributed by atoms with Crippen molar-refractivity contribution < 1.29 is 0 Å². The van der Waals surface area contributed by atoms with Gasteiger partial charge >= 0.3 is 0 Å². The van der Waals surface area contributed by atoms with E-state index >= 15 is 0 Å². The molecule has 0 saturated heterocycles. The first kappa shape index (κ1) is 11.0. The molecule has 4 rings (SSSR count). The molecule has 2 heterocycles. The Kier molecular flexibility index (Phi) is 2.52. The topological polar surface area (TPSA) is 24.9 Å². The second-order valence-electron chi connectivity index (χ2n) is 4.97. The van der Waals surface area contributed by atoms with E-state index in [1.54, 1.807) is 11.3 Å². The van der Waals surface area contributed by atoms with Gasteiger partial charge in [-0.1, -0.05) is 24.3 Å². The molecule has 1 atom stereocenters. The van der Waals surface area contributed by atoms with Crippen molar-refractivity contribution in [3.05, 3.63) is 59.1 Å². The van der Waals surface area contributed by atoms with Crippen LogP contribution in [-0.4, -0.2) is 11.5 Å². The minimum absolute atomic E-state index is 0.631. The normalized spacial score (nSPS) is 16.9. The Morgan fingerprint density at radius 1 is 1.21 bits per heavy atom. The number of fused-ring (bicyclic) bond motifs is 2. The summed E-state index contributed by atoms with van der Waals surface area (Å²) in [6, 6.07) is 12.9. The quantitative estimate of drug-likeness (QED) is 0.773. The Morgan fingerprint density at radius 3 is 3.11 bits per heavy atom. The molecule has 94 valence electrons. The van der Waals surface area contributed by atoms with Gasteiger partial charge in [-0.15, -0.1) is 11.3 Å². The van der Waals surface area contributed by atoms with Gasteiger partial charge in [-0.05, 0) is 35.1 Å². The maximum absolute atomic E-state index is 4.46. The van der Waals surface area contributed by atoms with Gasteiger partial charge < -0.3 is 5.32 Å². The third-order valence-electron chi connectivity index (χ3n) is 3.86. The molecular formula is C16H14N2S. The maximum Gasteiger partial charge on any atom is 0.134 e. The summed E-state index contributed by atoms with van der Waals surface area (Å²) >= 11 is 1.76. The van der Waals surface area contributed by atoms with E-state index in [4.69, 9.17) is 0 Å². The zero-order chi connectivity index (χ0) is 12.7. The highest BCUT2D eigenvalue weighted by Crippen LogP contribution is 2.35. The molecule has 0 radical (unpaired) electrons. The van der Waals surface area contributed by atoms with Crippen LogP contribution in [-0.2, 0) is 6.42 Å². The van der Waals surface area contributed by atoms with E-state index in [2.05, 4.69) is 52.1 Å². The summed E-state index contributed by atoms with van der Waals surface area (Å²) in [5.41, 5.74) is 2.99. The highest BCUT2D eigenvalue weighted by Gasteiger charge is 2.25. The molecule has 1 aliphatic carbocycles. The lowest BCUT2D eigenvalue weighted by Crippen LogP contribution is -2.24. The molecule has 3 aromatic rings. The van der Waals surface area contributed by atoms with Crippen LogP contribution in [0.15, 0.2) is 48.0 Å². The predicted octanol–water partition coefficient (Wildman–Crippen LogP) is 4.05. The van der Waals surface area contributed by atoms with Crippen LogP contribution >= 0.6 is 11.3 Å². The van der Waals surface area contributed by atoms with E-state index in [9.17, 15) is 0 Å². The summed E-state index contributed by atoms with van der Waals surface area (Å²) in [5, 5.41) is 6.87. The van der Waals surface area contributed by atoms with Crippen LogP contribution in [0, 0.1) is 0 Å². The molecule has 1 aromatic carbocycles. The first-order valence-electron chi connectivity index (χ1n) is 6.56. The number of nitrogens with one attached hydrogen (secondary N) is 1. The zero-order valence-electron chi connectivity index (χ0n) is 10.5. The smallest absolute Gasteiger partial charge is 0.134 e. The van der Waals surface area contributed by atoms with E-state index in [0.717, 1.165) is 12.4 Å². The van der Waals surface area contributed by atoms with Crippen LogP contribution in [0.1, 0.15) is 17.0 Å². The second kappa shape index (κ2) is 4.35. The Balaban J connectivity index is 1.53. The third kappa shape index (κ3) is 1.81. The minimum Gasteiger partial charge on any atom is -0.369 e. The van der Waals surface area contributed by atoms with Gasteiger partial charge in [0.1, 0.15) is 5.82 Å². The highest BCUT2D eigenvalue weighted by atomic mass is 32.1. The molecule has 0 fully saturated rings. The van der Waals surface area contributed by atoms with Crippen LogP contribution in [0.3, 0.4) is 0 Å². The van der Waals surface area contributed by atoms with Crippen LogP contribution in [0.25, 0.3) is 10.1 Å². The summed E-state index contributed by atoms with van der Waals surface area (Å²) in [5.74, 6) is 1.65. The number of pyridine rings is 1. The highest BCUT2D eigenvalue weighted by molar-refractivity contribution is 7.17. The van der Waals surface area contributed by atoms with Crippen LogP contribution in [0.5, 0.6) is 0 Å². The molecule has 1 aliphatic rings. The van der Waals surface area contributed by atoms with E-state index in [1.807, 2.05) is 6.20 Å². The van der Waals surface area contributed by atoms with Crippen LogP contribution in [0.4, 0.5) is 5.82 Å². The standard InChI is InChI=1S/C16H14N2S/c1-2-4-13-11(3-1)9-12(13)10-18-16-14-6-8-19-15(14)5-7-17-16/h1-8,12H,9-10H2,(H,17,18). The maximum atomic E-state index is 4.46. The van der Waals surface area contributed by atoms with Crippen molar-refractivity contribution in [3.63, 3.8) is 0 Å². The number of anilines is 1. The van der Waals surface area contributed by atoms with Crippen molar-refractivity contribution >= 4 is 27.2 Å². The van der Waals surface area contributed by atoms with Gasteiger partial charge in [0.25, 0.3) is 0 Å². The number of nitrogens with zero attached hydrogens (tertiary/aromatic N) is 1. The first-order chi connectivity index (χ1) is 9.42. The number of benzene rings is 1. The zero-order valence-corrected chi connectivity index (χ0v) is 11.3. The molecule has 3 heteroatoms. The molecule has 2 aromatic heterocycles. The molecule has 0 aliphatic heterocycles. The van der Waals surface area contributed by atoms with Crippen molar-refractivity contribution in [2.75, 3.05) is 11.9 Å². The fourth-order valence-electron chi connectivity index (χ4n) is 2.80. The summed E-state index contributed by atoms with van der Waals surface area (Å²) < 4.78 is 1.30. The molecule has 0 amide bonds. The van der Waals surface area contributed by atoms with E-state index in [-0.39, 0.29) is 0 Å². The van der Waals surface area contributed by atoms with Gasteiger partial charge in [-0.2, -0.15) is 0 Å². The summed E-state index contributed by atoms with van der Waals surface area (Å²) in [4.78, 5) is 4.46. The number of rotatable bonds is 3. The van der Waals surface area contributed by atoms with Gasteiger partial charge in [0, 0.05) is 28.7 Å². The first-order valence-corrected chi connectivity index (χ1v) is 7.43. The molecule has 1 unspecified atom stereocenters. The van der Waals surface area contributed by atoms with E-state index < -0.39 is 0 Å². The molecule has 19 heavy (non-hydrogen) atoms. The number of hydrogen-bond donors (Lipinski definition) is 1. The lowest BCUT2D eigenvalue weighted by atomic mass is 9.77. The summed E-state index contributed by atoms with van der Waals surface area (Å²) in [6.45, 7) is 0.971. The molecule has 0 spiro atoms. The fourth-order valence-corrected chi connectivity index (χ4v) is 3.58. The van der Waals surface area contributed by atoms with Crippen molar-refractivity contribution in [1.29, 1.82) is 0 Å². The summed E-state index contributed by atoms with van der Waals surface area (Å²) in [7, 11) is 0. The third-order valence-corrected chi connectivity index (χ3v) is 4.74. The van der Waals surface area contributed by atoms with Crippen molar-refractivity contribution in [2.24, 2.45) is 0 Å². The van der Waals surface area contributed by atoms with E-state index in [1.165, 1.54) is 27.6 Å². The molecule has 0 bridgehead atoms. The van der Waals surface area contributed by atoms with Gasteiger partial charge in [-0.25, -0.2) is 4.98 Å². The summed E-state index contributed by atoms with van der Waals surface area (Å²) in [6.07, 6.45) is 3.07. The lowest BCUT2D eigenvalue weighted by molar-refractivity contribution is 0.635. The van der Waals surface area contributed by atoms with Gasteiger partial charge in [-0.3, -0.25) is 0 Å². The molecule has 2 nitrogen and oxygen atoms in total. The Bertz CT molecular complexity index is 732. The largest absolute Gasteiger partial charge is 0.369 e. The van der Waals surface area contributed by atoms with Crippen LogP contribution < -0.4 is 5.32 Å². The lowest BCUT2D eigenvalue weighted by Gasteiger charge is -2.30. The van der Waals surface area contributed by atoms with E-state index in [0.29, 0.717) is 5.92 Å². The Labute approximate surface area is 116 Å². The Hall–Kier alpha value is -1.87. The second-order valence-corrected chi connectivity index (χ2v) is 5.92. The Morgan fingerprint density at radius 2 is 2.16 bits per heavy atom. The van der Waals surface area contributed by atoms with Crippen molar-refractivity contribution in [1.82, 2.24) is 4.98 Å². The minimum atomic E-state index is 0.631. The molecular weight excluding hydrogens is 252 g/mol. The predicted molar refractivity (Wildman–Crippen MR) is 81.0 cm³/mol. The van der Waals surface area contributed by atoms with Gasteiger partial charge in [0.05, 0.1) is 0 Å². The SMILES string of the molecule is c1ccc2c(c1)CC2CNc1nccc2sccc12. The van der Waals surface area contributed by atoms with Gasteiger partial charge in [0.15, 0.2) is 0 Å². The average molecular weight is 266 g/mol. The monoisotopic (exact) mass is 266 g/mol. The average Bonchev–Trinajstić information content (AvgIpc) is 2.89. The fraction of sp³-hybridized carbons (Fsp3) is 0.188. The number of thiophene rings is 1. The van der Waals surface area contributed by atoms with Crippen molar-refractivity contribution in [2.45, 2.75) is 12.3 Å².